The Hall–Kier alpha value is -0.871. The molecule has 0 atom stereocenters. The average molecular weight is 458 g/mol. The molecule has 0 aromatic heterocycles. The summed E-state index contributed by atoms with van der Waals surface area (Å²) in [5, 5.41) is -0.268. The minimum atomic E-state index is -0.315. The molecule has 2 aromatic carbocycles. The molecule has 0 heterocycles. The summed E-state index contributed by atoms with van der Waals surface area (Å²) in [6.07, 6.45) is 0. The van der Waals surface area contributed by atoms with E-state index in [1.54, 1.807) is 11.8 Å². The standard InChI is InChI=1S/C18H36B12N2OS/c19-14(20)15(21,22)16(23,24)33-10-5-6-12(34-13-4-2-1-3-11(13)31)9(7-10)8-32(17(25,26)27)18(28,29)30/h1-7,14H,8,19-31H2. The van der Waals surface area contributed by atoms with Crippen LogP contribution < -0.4 is 10.5 Å². The number of benzene rings is 2. The van der Waals surface area contributed by atoms with Gasteiger partial charge in [-0.1, -0.05) is 39.6 Å². The van der Waals surface area contributed by atoms with Crippen LogP contribution in [0.4, 0.5) is 5.69 Å². The summed E-state index contributed by atoms with van der Waals surface area (Å²) in [6, 6.07) is 14.6. The smallest absolute Gasteiger partial charge is 0.145 e. The predicted octanol–water partition coefficient (Wildman–Crippen LogP) is -8.06. The third kappa shape index (κ3) is 7.09. The Morgan fingerprint density at radius 1 is 0.824 bits per heavy atom. The minimum Gasteiger partial charge on any atom is -0.506 e. The van der Waals surface area contributed by atoms with Crippen molar-refractivity contribution in [3.8, 4) is 5.75 Å². The Balaban J connectivity index is 2.54. The number of para-hydroxylation sites is 1. The topological polar surface area (TPSA) is 38.5 Å². The van der Waals surface area contributed by atoms with Gasteiger partial charge in [-0.25, -0.2) is 0 Å². The maximum atomic E-state index is 6.70. The van der Waals surface area contributed by atoms with Crippen LogP contribution in [0, 0.1) is 0 Å². The van der Waals surface area contributed by atoms with Gasteiger partial charge in [-0.05, 0) is 35.9 Å². The molecule has 0 spiro atoms. The molecule has 2 rings (SSSR count). The van der Waals surface area contributed by atoms with Gasteiger partial charge in [0.25, 0.3) is 0 Å². The number of nitrogen functional groups attached to an aromatic ring is 1. The van der Waals surface area contributed by atoms with Crippen molar-refractivity contribution in [1.29, 1.82) is 0 Å². The van der Waals surface area contributed by atoms with E-state index >= 15 is 0 Å². The average Bonchev–Trinajstić information content (AvgIpc) is 2.67. The highest BCUT2D eigenvalue weighted by Gasteiger charge is 2.40. The molecule has 0 amide bonds. The van der Waals surface area contributed by atoms with Gasteiger partial charge in [0.1, 0.15) is 84.2 Å². The van der Waals surface area contributed by atoms with Crippen molar-refractivity contribution in [3.63, 3.8) is 0 Å². The van der Waals surface area contributed by atoms with Gasteiger partial charge in [-0.15, -0.1) is 5.72 Å². The largest absolute Gasteiger partial charge is 0.506 e. The van der Waals surface area contributed by atoms with Gasteiger partial charge >= 0.3 is 0 Å². The van der Waals surface area contributed by atoms with Crippen LogP contribution in [0.2, 0.25) is 10.9 Å². The van der Waals surface area contributed by atoms with E-state index in [0.29, 0.717) is 5.72 Å². The SMILES string of the molecule is BC(B)C(B)(B)C(B)(B)Oc1ccc(Sc2ccccc2N)c(CN(C(B)(B)B)C(B)(B)B)c1. The molecule has 0 bridgehead atoms. The molecule has 2 N–H and O–H groups in total. The van der Waals surface area contributed by atoms with Gasteiger partial charge in [0, 0.05) is 27.4 Å². The summed E-state index contributed by atoms with van der Waals surface area (Å²) in [5.41, 5.74) is 8.85. The zero-order valence-corrected chi connectivity index (χ0v) is 24.5. The number of nitrogens with two attached hydrogens (primary N) is 1. The van der Waals surface area contributed by atoms with Gasteiger partial charge in [0.05, 0.1) is 15.7 Å². The van der Waals surface area contributed by atoms with Crippen molar-refractivity contribution in [1.82, 2.24) is 4.90 Å². The van der Waals surface area contributed by atoms with Gasteiger partial charge in [0.15, 0.2) is 0 Å². The van der Waals surface area contributed by atoms with Crippen molar-refractivity contribution >= 4 is 112 Å². The molecule has 0 saturated heterocycles. The van der Waals surface area contributed by atoms with Crippen LogP contribution in [-0.2, 0) is 6.54 Å². The van der Waals surface area contributed by atoms with Crippen LogP contribution in [0.25, 0.3) is 0 Å². The van der Waals surface area contributed by atoms with Gasteiger partial charge in [-0.2, -0.15) is 0 Å². The summed E-state index contributed by atoms with van der Waals surface area (Å²) in [5.74, 6) is 0.918. The summed E-state index contributed by atoms with van der Waals surface area (Å²) in [6.45, 7) is 0.827. The Bertz CT molecular complexity index is 980. The zero-order valence-electron chi connectivity index (χ0n) is 23.7. The summed E-state index contributed by atoms with van der Waals surface area (Å²) >= 11 is 1.73. The lowest BCUT2D eigenvalue weighted by Crippen LogP contribution is -2.63. The summed E-state index contributed by atoms with van der Waals surface area (Å²) < 4.78 is 6.70. The normalized spacial score (nSPS) is 13.2. The third-order valence-corrected chi connectivity index (χ3v) is 8.70. The van der Waals surface area contributed by atoms with Crippen molar-refractivity contribution in [2.45, 2.75) is 43.1 Å². The van der Waals surface area contributed by atoms with E-state index in [4.69, 9.17) is 10.5 Å². The molecule has 0 aliphatic rings. The van der Waals surface area contributed by atoms with Crippen LogP contribution in [0.15, 0.2) is 52.3 Å². The Kier molecular flexibility index (Phi) is 9.18. The Morgan fingerprint density at radius 3 is 1.88 bits per heavy atom. The minimum absolute atomic E-state index is 0.0156. The Labute approximate surface area is 223 Å². The molecule has 34 heavy (non-hydrogen) atoms. The van der Waals surface area contributed by atoms with Crippen molar-refractivity contribution in [3.05, 3.63) is 48.0 Å². The lowest BCUT2D eigenvalue weighted by Gasteiger charge is -2.47. The molecule has 2 aromatic rings. The highest BCUT2D eigenvalue weighted by Crippen LogP contribution is 2.41. The second-order valence-corrected chi connectivity index (χ2v) is 13.9. The molecule has 3 nitrogen and oxygen atoms in total. The van der Waals surface area contributed by atoms with Crippen LogP contribution in [0.1, 0.15) is 5.56 Å². The maximum Gasteiger partial charge on any atom is 0.145 e. The summed E-state index contributed by atoms with van der Waals surface area (Å²) in [4.78, 5) is 4.85. The fourth-order valence-corrected chi connectivity index (χ4v) is 5.27. The number of ether oxygens (including phenoxy) is 1. The molecule has 0 aliphatic carbocycles. The zero-order chi connectivity index (χ0) is 26.1. The Morgan fingerprint density at radius 2 is 1.38 bits per heavy atom. The van der Waals surface area contributed by atoms with Crippen molar-refractivity contribution < 1.29 is 4.74 Å². The summed E-state index contributed by atoms with van der Waals surface area (Å²) in [7, 11) is 27.3. The fourth-order valence-electron chi connectivity index (χ4n) is 4.31. The predicted molar refractivity (Wildman–Crippen MR) is 185 cm³/mol. The van der Waals surface area contributed by atoms with Crippen molar-refractivity contribution in [2.24, 2.45) is 0 Å². The number of hydrogen-bond acceptors (Lipinski definition) is 4. The first-order valence-corrected chi connectivity index (χ1v) is 13.3. The molecule has 166 valence electrons. The van der Waals surface area contributed by atoms with E-state index in [0.717, 1.165) is 22.9 Å². The number of anilines is 1. The van der Waals surface area contributed by atoms with E-state index in [2.05, 4.69) is 123 Å². The highest BCUT2D eigenvalue weighted by molar-refractivity contribution is 7.99. The van der Waals surface area contributed by atoms with Crippen LogP contribution in [0.5, 0.6) is 5.75 Å². The van der Waals surface area contributed by atoms with Crippen LogP contribution >= 0.6 is 11.8 Å². The molecular weight excluding hydrogens is 422 g/mol. The number of nitrogens with zero attached hydrogens (tertiary/aromatic N) is 1. The molecule has 0 radical (unpaired) electrons. The molecule has 0 saturated carbocycles. The van der Waals surface area contributed by atoms with E-state index in [1.807, 2.05) is 18.2 Å². The van der Waals surface area contributed by atoms with Crippen LogP contribution in [-0.4, -0.2) is 115 Å². The third-order valence-electron chi connectivity index (χ3n) is 7.49. The van der Waals surface area contributed by atoms with E-state index < -0.39 is 0 Å². The van der Waals surface area contributed by atoms with Gasteiger partial charge in [0.2, 0.25) is 0 Å². The second-order valence-electron chi connectivity index (χ2n) is 12.8. The second kappa shape index (κ2) is 10.6. The number of hydrogen-bond donors (Lipinski definition) is 1. The molecular formula is C18H36B12N2OS. The molecule has 0 aliphatic heterocycles. The van der Waals surface area contributed by atoms with E-state index in [-0.39, 0.29) is 21.1 Å². The quantitative estimate of drug-likeness (QED) is 0.284. The fraction of sp³-hybridized carbons (Fsp3) is 0.333. The van der Waals surface area contributed by atoms with E-state index in [1.165, 1.54) is 10.5 Å². The molecule has 0 unspecified atom stereocenters. The number of rotatable bonds is 10. The first-order valence-electron chi connectivity index (χ1n) is 12.5. The monoisotopic (exact) mass is 460 g/mol. The van der Waals surface area contributed by atoms with Gasteiger partial charge in [-0.3, -0.25) is 0 Å². The first-order chi connectivity index (χ1) is 15.4. The van der Waals surface area contributed by atoms with E-state index in [9.17, 15) is 0 Å². The van der Waals surface area contributed by atoms with Gasteiger partial charge < -0.3 is 15.4 Å². The lowest BCUT2D eigenvalue weighted by molar-refractivity contribution is 0.218. The highest BCUT2D eigenvalue weighted by atomic mass is 32.2. The maximum absolute atomic E-state index is 6.70. The molecule has 0 fully saturated rings. The van der Waals surface area contributed by atoms with Crippen LogP contribution in [0.3, 0.4) is 0 Å². The lowest BCUT2D eigenvalue weighted by atomic mass is 9.26. The first kappa shape index (κ1) is 29.4. The molecule has 16 heteroatoms. The van der Waals surface area contributed by atoms with Crippen molar-refractivity contribution in [2.75, 3.05) is 5.73 Å².